The van der Waals surface area contributed by atoms with E-state index in [0.29, 0.717) is 14.6 Å². The summed E-state index contributed by atoms with van der Waals surface area (Å²) in [6, 6.07) is 9.00. The third kappa shape index (κ3) is 2.79. The van der Waals surface area contributed by atoms with Crippen LogP contribution in [0.2, 0.25) is 15.1 Å². The van der Waals surface area contributed by atoms with Gasteiger partial charge in [0.25, 0.3) is 0 Å². The summed E-state index contributed by atoms with van der Waals surface area (Å²) in [4.78, 5) is 13.0. The predicted molar refractivity (Wildman–Crippen MR) is 86.7 cm³/mol. The number of hydrogen-bond acceptors (Lipinski definition) is 2. The van der Waals surface area contributed by atoms with Gasteiger partial charge >= 0.3 is 0 Å². The number of carbonyl (C=O) groups is 1. The molecule has 6 heteroatoms. The lowest BCUT2D eigenvalue weighted by atomic mass is 10.1. The zero-order valence-corrected chi connectivity index (χ0v) is 13.4. The van der Waals surface area contributed by atoms with E-state index < -0.39 is 0 Å². The van der Waals surface area contributed by atoms with Crippen molar-refractivity contribution in [2.24, 2.45) is 0 Å². The molecule has 0 aliphatic carbocycles. The highest BCUT2D eigenvalue weighted by molar-refractivity contribution is 7.21. The standard InChI is InChI=1S/C15H6Cl3FOS/c16-8-4-10(17)14(11(18)5-8)15(20)13-3-7-1-2-9(19)6-12(7)21-13/h1-6H. The summed E-state index contributed by atoms with van der Waals surface area (Å²) in [5.74, 6) is -0.644. The number of rotatable bonds is 2. The van der Waals surface area contributed by atoms with E-state index in [1.165, 1.54) is 35.6 Å². The number of hydrogen-bond donors (Lipinski definition) is 0. The van der Waals surface area contributed by atoms with Gasteiger partial charge < -0.3 is 0 Å². The third-order valence-corrected chi connectivity index (χ3v) is 4.85. The molecule has 1 aromatic heterocycles. The highest BCUT2D eigenvalue weighted by atomic mass is 35.5. The van der Waals surface area contributed by atoms with Crippen LogP contribution in [0.4, 0.5) is 4.39 Å². The molecule has 0 saturated heterocycles. The Kier molecular flexibility index (Phi) is 3.93. The topological polar surface area (TPSA) is 17.1 Å². The first-order valence-electron chi connectivity index (χ1n) is 5.84. The van der Waals surface area contributed by atoms with Gasteiger partial charge in [-0.05, 0) is 35.7 Å². The first kappa shape index (κ1) is 14.8. The maximum Gasteiger partial charge on any atom is 0.205 e. The van der Waals surface area contributed by atoms with Crippen molar-refractivity contribution in [3.05, 3.63) is 67.7 Å². The summed E-state index contributed by atoms with van der Waals surface area (Å²) < 4.78 is 13.9. The van der Waals surface area contributed by atoms with E-state index in [1.807, 2.05) is 0 Å². The summed E-state index contributed by atoms with van der Waals surface area (Å²) in [5, 5.41) is 1.55. The van der Waals surface area contributed by atoms with Crippen molar-refractivity contribution >= 4 is 62.0 Å². The molecular weight excluding hydrogens is 354 g/mol. The molecule has 0 N–H and O–H groups in total. The van der Waals surface area contributed by atoms with E-state index in [0.717, 1.165) is 5.39 Å². The summed E-state index contributed by atoms with van der Waals surface area (Å²) in [7, 11) is 0. The predicted octanol–water partition coefficient (Wildman–Crippen LogP) is 6.23. The van der Waals surface area contributed by atoms with Gasteiger partial charge in [-0.1, -0.05) is 40.9 Å². The van der Waals surface area contributed by atoms with Crippen molar-refractivity contribution in [1.29, 1.82) is 0 Å². The molecule has 3 rings (SSSR count). The lowest BCUT2D eigenvalue weighted by molar-refractivity contribution is 0.104. The summed E-state index contributed by atoms with van der Waals surface area (Å²) in [5.41, 5.74) is 0.203. The molecule has 1 heterocycles. The van der Waals surface area contributed by atoms with E-state index >= 15 is 0 Å². The molecule has 0 amide bonds. The molecule has 106 valence electrons. The average Bonchev–Trinajstić information content (AvgIpc) is 2.80. The fourth-order valence-electron chi connectivity index (χ4n) is 2.00. The highest BCUT2D eigenvalue weighted by Gasteiger charge is 2.19. The molecular formula is C15H6Cl3FOS. The zero-order valence-electron chi connectivity index (χ0n) is 10.3. The fourth-order valence-corrected chi connectivity index (χ4v) is 4.02. The van der Waals surface area contributed by atoms with E-state index in [2.05, 4.69) is 0 Å². The van der Waals surface area contributed by atoms with Crippen molar-refractivity contribution in [3.63, 3.8) is 0 Å². The average molecular weight is 360 g/mol. The molecule has 2 aromatic carbocycles. The Bertz CT molecular complexity index is 849. The van der Waals surface area contributed by atoms with Gasteiger partial charge in [0.15, 0.2) is 0 Å². The minimum atomic E-state index is -0.342. The van der Waals surface area contributed by atoms with Crippen molar-refractivity contribution in [2.45, 2.75) is 0 Å². The smallest absolute Gasteiger partial charge is 0.205 e. The summed E-state index contributed by atoms with van der Waals surface area (Å²) in [6.07, 6.45) is 0. The Hall–Kier alpha value is -1.13. The number of carbonyl (C=O) groups excluding carboxylic acids is 1. The van der Waals surface area contributed by atoms with Crippen LogP contribution in [0.25, 0.3) is 10.1 Å². The molecule has 3 aromatic rings. The molecule has 0 aliphatic heterocycles. The number of halogens is 4. The first-order valence-corrected chi connectivity index (χ1v) is 7.79. The van der Waals surface area contributed by atoms with Crippen molar-refractivity contribution in [1.82, 2.24) is 0 Å². The number of ketones is 1. The van der Waals surface area contributed by atoms with Gasteiger partial charge in [0, 0.05) is 9.72 Å². The first-order chi connectivity index (χ1) is 9.95. The Balaban J connectivity index is 2.12. The van der Waals surface area contributed by atoms with E-state index in [-0.39, 0.29) is 27.2 Å². The van der Waals surface area contributed by atoms with Gasteiger partial charge in [-0.25, -0.2) is 4.39 Å². The molecule has 0 fully saturated rings. The lowest BCUT2D eigenvalue weighted by Gasteiger charge is -2.05. The monoisotopic (exact) mass is 358 g/mol. The SMILES string of the molecule is O=C(c1cc2ccc(F)cc2s1)c1c(Cl)cc(Cl)cc1Cl. The third-order valence-electron chi connectivity index (χ3n) is 2.94. The lowest BCUT2D eigenvalue weighted by Crippen LogP contribution is -2.00. The van der Waals surface area contributed by atoms with Gasteiger partial charge in [0.2, 0.25) is 5.78 Å². The molecule has 0 spiro atoms. The Labute approximate surface area is 138 Å². The van der Waals surface area contributed by atoms with Gasteiger partial charge in [0.05, 0.1) is 20.5 Å². The van der Waals surface area contributed by atoms with Crippen LogP contribution in [0.15, 0.2) is 36.4 Å². The van der Waals surface area contributed by atoms with E-state index in [4.69, 9.17) is 34.8 Å². The molecule has 0 bridgehead atoms. The van der Waals surface area contributed by atoms with Crippen LogP contribution < -0.4 is 0 Å². The number of fused-ring (bicyclic) bond motifs is 1. The van der Waals surface area contributed by atoms with E-state index in [9.17, 15) is 9.18 Å². The van der Waals surface area contributed by atoms with Gasteiger partial charge in [-0.3, -0.25) is 4.79 Å². The zero-order chi connectivity index (χ0) is 15.1. The van der Waals surface area contributed by atoms with Crippen LogP contribution in [-0.4, -0.2) is 5.78 Å². The normalized spacial score (nSPS) is 11.0. The Morgan fingerprint density at radius 2 is 1.67 bits per heavy atom. The summed E-state index contributed by atoms with van der Waals surface area (Å²) in [6.45, 7) is 0. The number of benzene rings is 2. The van der Waals surface area contributed by atoms with Crippen LogP contribution in [0.3, 0.4) is 0 Å². The fraction of sp³-hybridized carbons (Fsp3) is 0. The van der Waals surface area contributed by atoms with Crippen LogP contribution in [-0.2, 0) is 0 Å². The molecule has 1 nitrogen and oxygen atoms in total. The van der Waals surface area contributed by atoms with Crippen molar-refractivity contribution < 1.29 is 9.18 Å². The minimum absolute atomic E-state index is 0.195. The molecule has 0 aliphatic rings. The highest BCUT2D eigenvalue weighted by Crippen LogP contribution is 2.34. The second kappa shape index (κ2) is 5.58. The molecule has 0 unspecified atom stereocenters. The molecule has 0 saturated carbocycles. The van der Waals surface area contributed by atoms with Crippen LogP contribution in [0, 0.1) is 5.82 Å². The van der Waals surface area contributed by atoms with Crippen molar-refractivity contribution in [3.8, 4) is 0 Å². The van der Waals surface area contributed by atoms with Crippen LogP contribution in [0.5, 0.6) is 0 Å². The maximum atomic E-state index is 13.2. The summed E-state index contributed by atoms with van der Waals surface area (Å²) >= 11 is 19.1. The number of thiophene rings is 1. The quantitative estimate of drug-likeness (QED) is 0.496. The molecule has 0 atom stereocenters. The second-order valence-corrected chi connectivity index (χ2v) is 6.70. The molecule has 21 heavy (non-hydrogen) atoms. The van der Waals surface area contributed by atoms with Crippen LogP contribution >= 0.6 is 46.1 Å². The molecule has 0 radical (unpaired) electrons. The van der Waals surface area contributed by atoms with Gasteiger partial charge in [-0.15, -0.1) is 11.3 Å². The minimum Gasteiger partial charge on any atom is -0.288 e. The van der Waals surface area contributed by atoms with Gasteiger partial charge in [0.1, 0.15) is 5.82 Å². The second-order valence-electron chi connectivity index (χ2n) is 4.37. The largest absolute Gasteiger partial charge is 0.288 e. The Morgan fingerprint density at radius 1 is 1.00 bits per heavy atom. The van der Waals surface area contributed by atoms with Gasteiger partial charge in [-0.2, -0.15) is 0 Å². The Morgan fingerprint density at radius 3 is 2.33 bits per heavy atom. The van der Waals surface area contributed by atoms with Crippen molar-refractivity contribution in [2.75, 3.05) is 0 Å². The van der Waals surface area contributed by atoms with E-state index in [1.54, 1.807) is 12.1 Å². The maximum absolute atomic E-state index is 13.2. The van der Waals surface area contributed by atoms with Crippen LogP contribution in [0.1, 0.15) is 15.2 Å².